The average molecular weight is 256 g/mol. The van der Waals surface area contributed by atoms with Crippen LogP contribution >= 0.6 is 0 Å². The molecule has 0 bridgehead atoms. The molecule has 0 amide bonds. The molecule has 0 saturated heterocycles. The van der Waals surface area contributed by atoms with Crippen molar-refractivity contribution in [3.05, 3.63) is 33.6 Å². The van der Waals surface area contributed by atoms with Gasteiger partial charge >= 0.3 is 5.69 Å². The van der Waals surface area contributed by atoms with Gasteiger partial charge in [0.25, 0.3) is 0 Å². The largest absolute Gasteiger partial charge is 0.485 e. The second-order valence-corrected chi connectivity index (χ2v) is 4.28. The lowest BCUT2D eigenvalue weighted by Crippen LogP contribution is -2.27. The van der Waals surface area contributed by atoms with Crippen LogP contribution in [0.5, 0.6) is 5.75 Å². The van der Waals surface area contributed by atoms with Gasteiger partial charge in [-0.2, -0.15) is 0 Å². The molecular weight excluding hydrogens is 239 g/mol. The van der Waals surface area contributed by atoms with Gasteiger partial charge in [-0.1, -0.05) is 13.8 Å². The van der Waals surface area contributed by atoms with E-state index in [-0.39, 0.29) is 11.4 Å². The lowest BCUT2D eigenvalue weighted by molar-refractivity contribution is -0.386. The van der Waals surface area contributed by atoms with Crippen molar-refractivity contribution < 1.29 is 14.1 Å². The van der Waals surface area contributed by atoms with E-state index in [2.05, 4.69) is 5.32 Å². The normalized spacial score (nSPS) is 10.7. The molecule has 0 aromatic heterocycles. The summed E-state index contributed by atoms with van der Waals surface area (Å²) in [5.74, 6) is -0.501. The summed E-state index contributed by atoms with van der Waals surface area (Å²) in [7, 11) is 0. The van der Waals surface area contributed by atoms with Crippen LogP contribution in [-0.2, 0) is 0 Å². The van der Waals surface area contributed by atoms with Crippen LogP contribution in [0.4, 0.5) is 10.1 Å². The first-order valence-electron chi connectivity index (χ1n) is 5.72. The van der Waals surface area contributed by atoms with E-state index < -0.39 is 10.7 Å². The molecule has 0 spiro atoms. The van der Waals surface area contributed by atoms with Crippen molar-refractivity contribution in [1.29, 1.82) is 0 Å². The van der Waals surface area contributed by atoms with Gasteiger partial charge in [-0.25, -0.2) is 4.39 Å². The molecule has 0 unspecified atom stereocenters. The maximum absolute atomic E-state index is 13.2. The second-order valence-electron chi connectivity index (χ2n) is 4.28. The van der Waals surface area contributed by atoms with Gasteiger partial charge in [0.15, 0.2) is 5.75 Å². The van der Waals surface area contributed by atoms with Crippen molar-refractivity contribution in [2.24, 2.45) is 0 Å². The van der Waals surface area contributed by atoms with E-state index >= 15 is 0 Å². The van der Waals surface area contributed by atoms with Gasteiger partial charge in [-0.3, -0.25) is 10.1 Å². The van der Waals surface area contributed by atoms with E-state index in [0.717, 1.165) is 6.07 Å². The number of nitrogens with one attached hydrogen (secondary N) is 1. The summed E-state index contributed by atoms with van der Waals surface area (Å²) in [6.07, 6.45) is 0. The zero-order valence-corrected chi connectivity index (χ0v) is 10.7. The number of hydrogen-bond acceptors (Lipinski definition) is 4. The number of aryl methyl sites for hydroxylation is 1. The maximum Gasteiger partial charge on any atom is 0.313 e. The third kappa shape index (κ3) is 3.96. The summed E-state index contributed by atoms with van der Waals surface area (Å²) in [5, 5.41) is 13.9. The molecule has 0 aliphatic carbocycles. The zero-order chi connectivity index (χ0) is 13.7. The van der Waals surface area contributed by atoms with E-state index in [1.807, 2.05) is 13.8 Å². The SMILES string of the molecule is Cc1cc(OCCNC(C)C)c([N+](=O)[O-])cc1F. The number of nitro groups is 1. The Hall–Kier alpha value is -1.69. The molecule has 1 N–H and O–H groups in total. The summed E-state index contributed by atoms with van der Waals surface area (Å²) in [6, 6.07) is 2.56. The predicted molar refractivity (Wildman–Crippen MR) is 66.4 cm³/mol. The third-order valence-electron chi connectivity index (χ3n) is 2.35. The first kappa shape index (κ1) is 14.4. The molecule has 0 radical (unpaired) electrons. The molecule has 0 aliphatic heterocycles. The molecular formula is C12H17FN2O3. The van der Waals surface area contributed by atoms with Crippen LogP contribution in [0.15, 0.2) is 12.1 Å². The van der Waals surface area contributed by atoms with E-state index in [1.165, 1.54) is 13.0 Å². The highest BCUT2D eigenvalue weighted by Gasteiger charge is 2.18. The molecule has 0 saturated carbocycles. The molecule has 1 rings (SSSR count). The highest BCUT2D eigenvalue weighted by molar-refractivity contribution is 5.48. The fourth-order valence-corrected chi connectivity index (χ4v) is 1.41. The van der Waals surface area contributed by atoms with Crippen molar-refractivity contribution in [1.82, 2.24) is 5.32 Å². The van der Waals surface area contributed by atoms with E-state index in [0.29, 0.717) is 24.8 Å². The highest BCUT2D eigenvalue weighted by atomic mass is 19.1. The Morgan fingerprint density at radius 3 is 2.72 bits per heavy atom. The third-order valence-corrected chi connectivity index (χ3v) is 2.35. The van der Waals surface area contributed by atoms with Crippen LogP contribution in [-0.4, -0.2) is 24.1 Å². The Morgan fingerprint density at radius 2 is 2.17 bits per heavy atom. The van der Waals surface area contributed by atoms with Gasteiger partial charge in [0.1, 0.15) is 12.4 Å². The fraction of sp³-hybridized carbons (Fsp3) is 0.500. The Balaban J connectivity index is 2.74. The number of ether oxygens (including phenoxy) is 1. The van der Waals surface area contributed by atoms with Crippen molar-refractivity contribution in [2.45, 2.75) is 26.8 Å². The predicted octanol–water partition coefficient (Wildman–Crippen LogP) is 2.42. The molecule has 18 heavy (non-hydrogen) atoms. The number of halogens is 1. The van der Waals surface area contributed by atoms with Crippen molar-refractivity contribution in [2.75, 3.05) is 13.2 Å². The summed E-state index contributed by atoms with van der Waals surface area (Å²) < 4.78 is 18.6. The monoisotopic (exact) mass is 256 g/mol. The minimum Gasteiger partial charge on any atom is -0.485 e. The van der Waals surface area contributed by atoms with E-state index in [1.54, 1.807) is 0 Å². The van der Waals surface area contributed by atoms with Gasteiger partial charge in [-0.05, 0) is 18.6 Å². The van der Waals surface area contributed by atoms with Crippen molar-refractivity contribution in [3.8, 4) is 5.75 Å². The summed E-state index contributed by atoms with van der Waals surface area (Å²) in [6.45, 7) is 6.39. The van der Waals surface area contributed by atoms with Crippen molar-refractivity contribution in [3.63, 3.8) is 0 Å². The minimum absolute atomic E-state index is 0.101. The standard InChI is InChI=1S/C12H17FN2O3/c1-8(2)14-4-5-18-12-6-9(3)10(13)7-11(12)15(16)17/h6-8,14H,4-5H2,1-3H3. The fourth-order valence-electron chi connectivity index (χ4n) is 1.41. The Morgan fingerprint density at radius 1 is 1.50 bits per heavy atom. The van der Waals surface area contributed by atoms with Gasteiger partial charge in [0, 0.05) is 12.6 Å². The average Bonchev–Trinajstić information content (AvgIpc) is 2.28. The number of nitro benzene ring substituents is 1. The number of benzene rings is 1. The molecule has 0 atom stereocenters. The van der Waals surface area contributed by atoms with E-state index in [4.69, 9.17) is 4.74 Å². The summed E-state index contributed by atoms with van der Waals surface area (Å²) >= 11 is 0. The zero-order valence-electron chi connectivity index (χ0n) is 10.7. The molecule has 0 heterocycles. The van der Waals surface area contributed by atoms with Crippen LogP contribution in [0.25, 0.3) is 0 Å². The van der Waals surface area contributed by atoms with Gasteiger partial charge in [0.2, 0.25) is 0 Å². The van der Waals surface area contributed by atoms with Crippen LogP contribution < -0.4 is 10.1 Å². The Labute approximate surface area is 105 Å². The maximum atomic E-state index is 13.2. The number of hydrogen-bond donors (Lipinski definition) is 1. The lowest BCUT2D eigenvalue weighted by Gasteiger charge is -2.10. The second kappa shape index (κ2) is 6.30. The number of nitrogens with zero attached hydrogens (tertiary/aromatic N) is 1. The van der Waals surface area contributed by atoms with Gasteiger partial charge < -0.3 is 10.1 Å². The quantitative estimate of drug-likeness (QED) is 0.482. The molecule has 100 valence electrons. The van der Waals surface area contributed by atoms with Crippen LogP contribution in [0.2, 0.25) is 0 Å². The first-order chi connectivity index (χ1) is 8.41. The first-order valence-corrected chi connectivity index (χ1v) is 5.72. The molecule has 5 nitrogen and oxygen atoms in total. The lowest BCUT2D eigenvalue weighted by atomic mass is 10.2. The highest BCUT2D eigenvalue weighted by Crippen LogP contribution is 2.29. The smallest absolute Gasteiger partial charge is 0.313 e. The molecule has 0 aliphatic rings. The minimum atomic E-state index is -0.645. The number of rotatable bonds is 6. The summed E-state index contributed by atoms with van der Waals surface area (Å²) in [5.41, 5.74) is -0.0185. The van der Waals surface area contributed by atoms with Crippen LogP contribution in [0, 0.1) is 22.9 Å². The van der Waals surface area contributed by atoms with E-state index in [9.17, 15) is 14.5 Å². The Kier molecular flexibility index (Phi) is 5.03. The summed E-state index contributed by atoms with van der Waals surface area (Å²) in [4.78, 5) is 10.1. The van der Waals surface area contributed by atoms with Crippen LogP contribution in [0.3, 0.4) is 0 Å². The van der Waals surface area contributed by atoms with Crippen molar-refractivity contribution >= 4 is 5.69 Å². The molecule has 0 fully saturated rings. The van der Waals surface area contributed by atoms with Gasteiger partial charge in [0.05, 0.1) is 11.0 Å². The van der Waals surface area contributed by atoms with Crippen LogP contribution in [0.1, 0.15) is 19.4 Å². The molecule has 1 aromatic carbocycles. The molecule has 1 aromatic rings. The Bertz CT molecular complexity index is 436. The molecule has 6 heteroatoms. The topological polar surface area (TPSA) is 64.4 Å². The van der Waals surface area contributed by atoms with Gasteiger partial charge in [-0.15, -0.1) is 0 Å².